The van der Waals surface area contributed by atoms with Gasteiger partial charge in [0.15, 0.2) is 0 Å². The molecule has 0 aliphatic rings. The first-order valence-corrected chi connectivity index (χ1v) is 15.4. The third-order valence-corrected chi connectivity index (χ3v) is 10.4. The Balaban J connectivity index is 2.01. The van der Waals surface area contributed by atoms with E-state index in [9.17, 15) is 13.0 Å². The van der Waals surface area contributed by atoms with Crippen LogP contribution in [0.3, 0.4) is 0 Å². The molecule has 0 spiro atoms. The van der Waals surface area contributed by atoms with Gasteiger partial charge in [-0.05, 0) is 61.4 Å². The molecule has 5 aromatic carbocycles. The van der Waals surface area contributed by atoms with Crippen LogP contribution in [0.25, 0.3) is 22.3 Å². The van der Waals surface area contributed by atoms with Crippen LogP contribution in [-0.4, -0.2) is 27.2 Å². The van der Waals surface area contributed by atoms with Crippen LogP contribution in [0, 0.1) is 6.92 Å². The summed E-state index contributed by atoms with van der Waals surface area (Å²) in [5.74, 6) is 1.13. The van der Waals surface area contributed by atoms with Gasteiger partial charge < -0.3 is 9.47 Å². The van der Waals surface area contributed by atoms with E-state index in [2.05, 4.69) is 12.1 Å². The Morgan fingerprint density at radius 2 is 1.12 bits per heavy atom. The van der Waals surface area contributed by atoms with E-state index in [1.807, 2.05) is 97.9 Å². The van der Waals surface area contributed by atoms with Gasteiger partial charge in [-0.3, -0.25) is 4.55 Å². The summed E-state index contributed by atoms with van der Waals surface area (Å²) in [7, 11) is -3.07. The van der Waals surface area contributed by atoms with Crippen molar-refractivity contribution in [1.82, 2.24) is 0 Å². The van der Waals surface area contributed by atoms with Crippen molar-refractivity contribution in [3.05, 3.63) is 121 Å². The number of hydrogen-bond donors (Lipinski definition) is 1. The zero-order valence-corrected chi connectivity index (χ0v) is 24.1. The number of rotatable bonds is 8. The summed E-state index contributed by atoms with van der Waals surface area (Å²) in [5.41, 5.74) is 4.73. The lowest BCUT2D eigenvalue weighted by Gasteiger charge is -2.29. The van der Waals surface area contributed by atoms with Gasteiger partial charge in [0.25, 0.3) is 10.1 Å². The van der Waals surface area contributed by atoms with Crippen molar-refractivity contribution in [2.75, 3.05) is 14.2 Å². The number of ether oxygens (including phenoxy) is 2. The first-order chi connectivity index (χ1) is 19.3. The fourth-order valence-electron chi connectivity index (χ4n) is 4.91. The molecular weight excluding hydrogens is 539 g/mol. The van der Waals surface area contributed by atoms with Gasteiger partial charge in [0, 0.05) is 10.6 Å². The topological polar surface area (TPSA) is 72.8 Å². The quantitative estimate of drug-likeness (QED) is 0.174. The molecule has 40 heavy (non-hydrogen) atoms. The van der Waals surface area contributed by atoms with Crippen molar-refractivity contribution in [3.63, 3.8) is 0 Å². The highest BCUT2D eigenvalue weighted by Gasteiger charge is 2.33. The van der Waals surface area contributed by atoms with Gasteiger partial charge in [-0.25, -0.2) is 0 Å². The van der Waals surface area contributed by atoms with Crippen LogP contribution in [0.2, 0.25) is 0 Å². The van der Waals surface area contributed by atoms with E-state index >= 15 is 0 Å². The van der Waals surface area contributed by atoms with Gasteiger partial charge >= 0.3 is 0 Å². The third-order valence-electron chi connectivity index (χ3n) is 6.69. The normalized spacial score (nSPS) is 12.1. The first kappa shape index (κ1) is 27.6. The maximum Gasteiger partial charge on any atom is 0.295 e. The summed E-state index contributed by atoms with van der Waals surface area (Å²) in [4.78, 5) is -0.140. The lowest BCUT2D eigenvalue weighted by Crippen LogP contribution is -2.29. The largest absolute Gasteiger partial charge is 0.496 e. The molecule has 0 aliphatic carbocycles. The molecule has 0 amide bonds. The fourth-order valence-corrected chi connectivity index (χ4v) is 9.09. The standard InChI is InChI=1S/C33H29O5PS/c1-23-20-21-31(40(34,35)36)30(22-23)39(33-28(37-2)18-11-19-29(33)38-3)32-26(24-12-6-4-7-13-24)16-10-17-27(32)25-14-8-5-9-15-25/h4-22H,1-3H3,(H,34,35,36). The third kappa shape index (κ3) is 5.39. The highest BCUT2D eigenvalue weighted by molar-refractivity contribution is 7.88. The molecule has 5 nitrogen and oxygen atoms in total. The molecule has 1 N–H and O–H groups in total. The summed E-state index contributed by atoms with van der Waals surface area (Å²) in [6.07, 6.45) is 0. The molecule has 5 rings (SSSR count). The second-order valence-electron chi connectivity index (χ2n) is 9.23. The molecule has 202 valence electrons. The van der Waals surface area contributed by atoms with Crippen LogP contribution >= 0.6 is 7.92 Å². The van der Waals surface area contributed by atoms with Gasteiger partial charge in [-0.2, -0.15) is 8.42 Å². The van der Waals surface area contributed by atoms with Crippen LogP contribution in [0.5, 0.6) is 11.5 Å². The minimum Gasteiger partial charge on any atom is -0.496 e. The molecule has 0 saturated heterocycles. The Labute approximate surface area is 236 Å². The highest BCUT2D eigenvalue weighted by Crippen LogP contribution is 2.47. The van der Waals surface area contributed by atoms with Crippen LogP contribution in [-0.2, 0) is 10.1 Å². The zero-order valence-electron chi connectivity index (χ0n) is 22.4. The van der Waals surface area contributed by atoms with Crippen molar-refractivity contribution >= 4 is 34.0 Å². The second kappa shape index (κ2) is 11.6. The fraction of sp³-hybridized carbons (Fsp3) is 0.0909. The average Bonchev–Trinajstić information content (AvgIpc) is 2.97. The molecule has 0 bridgehead atoms. The van der Waals surface area contributed by atoms with Crippen molar-refractivity contribution in [2.45, 2.75) is 11.8 Å². The Bertz CT molecular complexity index is 1670. The molecule has 0 saturated carbocycles. The number of hydrogen-bond acceptors (Lipinski definition) is 4. The lowest BCUT2D eigenvalue weighted by molar-refractivity contribution is 0.401. The smallest absolute Gasteiger partial charge is 0.295 e. The molecule has 1 atom stereocenters. The van der Waals surface area contributed by atoms with Gasteiger partial charge in [-0.1, -0.05) is 96.6 Å². The summed E-state index contributed by atoms with van der Waals surface area (Å²) in [6.45, 7) is 1.91. The first-order valence-electron chi connectivity index (χ1n) is 12.7. The summed E-state index contributed by atoms with van der Waals surface area (Å²) in [5, 5.41) is 2.13. The zero-order chi connectivity index (χ0) is 28.3. The van der Waals surface area contributed by atoms with E-state index < -0.39 is 18.0 Å². The van der Waals surface area contributed by atoms with E-state index in [0.717, 1.165) is 38.4 Å². The number of methoxy groups -OCH3 is 2. The van der Waals surface area contributed by atoms with E-state index in [0.29, 0.717) is 16.8 Å². The molecule has 1 unspecified atom stereocenters. The molecule has 7 heteroatoms. The van der Waals surface area contributed by atoms with E-state index in [4.69, 9.17) is 9.47 Å². The van der Waals surface area contributed by atoms with Crippen molar-refractivity contribution < 1.29 is 22.4 Å². The van der Waals surface area contributed by atoms with Crippen molar-refractivity contribution in [1.29, 1.82) is 0 Å². The van der Waals surface area contributed by atoms with Gasteiger partial charge in [0.05, 0.1) is 19.5 Å². The summed E-state index contributed by atoms with van der Waals surface area (Å²) in [6, 6.07) is 36.7. The van der Waals surface area contributed by atoms with E-state index in [-0.39, 0.29) is 4.90 Å². The van der Waals surface area contributed by atoms with Crippen LogP contribution in [0.15, 0.2) is 120 Å². The summed E-state index contributed by atoms with van der Waals surface area (Å²) >= 11 is 0. The van der Waals surface area contributed by atoms with Crippen LogP contribution in [0.1, 0.15) is 5.56 Å². The average molecular weight is 569 g/mol. The maximum atomic E-state index is 12.9. The predicted octanol–water partition coefficient (Wildman–Crippen LogP) is 6.35. The molecule has 0 aromatic heterocycles. The Kier molecular flexibility index (Phi) is 8.04. The maximum absolute atomic E-state index is 12.9. The van der Waals surface area contributed by atoms with Gasteiger partial charge in [0.2, 0.25) is 0 Å². The predicted molar refractivity (Wildman–Crippen MR) is 164 cm³/mol. The minimum absolute atomic E-state index is 0.140. The van der Waals surface area contributed by atoms with E-state index in [1.54, 1.807) is 20.3 Å². The number of aryl methyl sites for hydroxylation is 1. The molecule has 0 heterocycles. The Morgan fingerprint density at radius 3 is 1.60 bits per heavy atom. The molecule has 0 radical (unpaired) electrons. The highest BCUT2D eigenvalue weighted by atomic mass is 32.2. The van der Waals surface area contributed by atoms with Gasteiger partial charge in [-0.15, -0.1) is 0 Å². The molecule has 0 fully saturated rings. The minimum atomic E-state index is -4.57. The Morgan fingerprint density at radius 1 is 0.625 bits per heavy atom. The Hall–Kier alpha value is -3.96. The van der Waals surface area contributed by atoms with Crippen LogP contribution < -0.4 is 25.4 Å². The van der Waals surface area contributed by atoms with E-state index in [1.165, 1.54) is 6.07 Å². The van der Waals surface area contributed by atoms with Crippen LogP contribution in [0.4, 0.5) is 0 Å². The lowest BCUT2D eigenvalue weighted by atomic mass is 9.99. The monoisotopic (exact) mass is 568 g/mol. The number of benzene rings is 5. The summed E-state index contributed by atoms with van der Waals surface area (Å²) < 4.78 is 47.9. The van der Waals surface area contributed by atoms with Crippen molar-refractivity contribution in [3.8, 4) is 33.8 Å². The second-order valence-corrected chi connectivity index (χ2v) is 12.7. The molecule has 5 aromatic rings. The van der Waals surface area contributed by atoms with Gasteiger partial charge in [0.1, 0.15) is 16.4 Å². The molecule has 0 aliphatic heterocycles. The molecular formula is C33H29O5PS. The SMILES string of the molecule is COc1cccc(OC)c1P(c1cc(C)ccc1S(=O)(=O)O)c1c(-c2ccccc2)cccc1-c1ccccc1. The van der Waals surface area contributed by atoms with Crippen molar-refractivity contribution in [2.24, 2.45) is 0 Å².